The average Bonchev–Trinajstić information content (AvgIpc) is 3.00. The Morgan fingerprint density at radius 2 is 0.780 bits per heavy atom. The van der Waals surface area contributed by atoms with Gasteiger partial charge in [0.15, 0.2) is 0 Å². The smallest absolute Gasteiger partial charge is 0.0314 e. The number of nitrogen functional groups attached to an aromatic ring is 2. The number of benzene rings is 4. The topological polar surface area (TPSA) is 52.0 Å². The Hall–Kier alpha value is -3.52. The fraction of sp³-hybridized carbons (Fsp3) is 0.385. The molecule has 4 aromatic rings. The minimum absolute atomic E-state index is 0.430. The molecule has 0 radical (unpaired) electrons. The van der Waals surface area contributed by atoms with E-state index in [2.05, 4.69) is 93.6 Å². The molecule has 0 aromatic heterocycles. The summed E-state index contributed by atoms with van der Waals surface area (Å²) in [4.78, 5) is 0. The molecule has 4 rings (SSSR count). The second kappa shape index (κ2) is 15.5. The van der Waals surface area contributed by atoms with Crippen molar-refractivity contribution in [3.8, 4) is 0 Å². The highest BCUT2D eigenvalue weighted by atomic mass is 14.5. The van der Waals surface area contributed by atoms with Gasteiger partial charge < -0.3 is 11.5 Å². The van der Waals surface area contributed by atoms with Crippen LogP contribution < -0.4 is 11.5 Å². The molecule has 0 aliphatic rings. The van der Waals surface area contributed by atoms with Gasteiger partial charge in [-0.3, -0.25) is 0 Å². The van der Waals surface area contributed by atoms with E-state index in [1.165, 1.54) is 78.3 Å². The van der Waals surface area contributed by atoms with Crippen LogP contribution in [0.25, 0.3) is 0 Å². The number of hydrogen-bond donors (Lipinski definition) is 2. The largest absolute Gasteiger partial charge is 0.399 e. The number of nitrogens with two attached hydrogens (primary N) is 2. The Kier molecular flexibility index (Phi) is 11.5. The summed E-state index contributed by atoms with van der Waals surface area (Å²) in [7, 11) is 0. The Morgan fingerprint density at radius 1 is 0.463 bits per heavy atom. The van der Waals surface area contributed by atoms with E-state index < -0.39 is 0 Å². The van der Waals surface area contributed by atoms with Crippen LogP contribution >= 0.6 is 0 Å². The van der Waals surface area contributed by atoms with Crippen molar-refractivity contribution < 1.29 is 0 Å². The van der Waals surface area contributed by atoms with Gasteiger partial charge in [0.25, 0.3) is 0 Å². The maximum absolute atomic E-state index is 5.96. The van der Waals surface area contributed by atoms with Gasteiger partial charge in [0.05, 0.1) is 0 Å². The molecule has 4 aromatic carbocycles. The van der Waals surface area contributed by atoms with E-state index in [1.54, 1.807) is 0 Å². The molecule has 0 heterocycles. The molecule has 0 fully saturated rings. The summed E-state index contributed by atoms with van der Waals surface area (Å²) in [6, 6.07) is 35.8. The molecule has 41 heavy (non-hydrogen) atoms. The van der Waals surface area contributed by atoms with Crippen molar-refractivity contribution in [2.24, 2.45) is 5.92 Å². The van der Waals surface area contributed by atoms with E-state index in [4.69, 9.17) is 11.5 Å². The van der Waals surface area contributed by atoms with Gasteiger partial charge >= 0.3 is 0 Å². The van der Waals surface area contributed by atoms with E-state index in [1.807, 2.05) is 24.3 Å². The van der Waals surface area contributed by atoms with Crippen molar-refractivity contribution >= 4 is 11.4 Å². The van der Waals surface area contributed by atoms with Gasteiger partial charge in [-0.05, 0) is 89.2 Å². The predicted molar refractivity (Wildman–Crippen MR) is 179 cm³/mol. The molecule has 0 aliphatic heterocycles. The van der Waals surface area contributed by atoms with E-state index >= 15 is 0 Å². The second-order valence-electron chi connectivity index (χ2n) is 11.9. The molecule has 0 amide bonds. The minimum Gasteiger partial charge on any atom is -0.399 e. The molecule has 216 valence electrons. The lowest BCUT2D eigenvalue weighted by Crippen LogP contribution is -2.08. The van der Waals surface area contributed by atoms with Crippen LogP contribution in [0.4, 0.5) is 11.4 Å². The molecule has 2 nitrogen and oxygen atoms in total. The molecule has 0 aliphatic carbocycles. The highest BCUT2D eigenvalue weighted by molar-refractivity contribution is 5.44. The van der Waals surface area contributed by atoms with Crippen LogP contribution in [0.3, 0.4) is 0 Å². The quantitative estimate of drug-likeness (QED) is 0.146. The van der Waals surface area contributed by atoms with Gasteiger partial charge in [-0.15, -0.1) is 0 Å². The zero-order chi connectivity index (χ0) is 29.0. The number of unbranched alkanes of at least 4 members (excludes halogenated alkanes) is 2. The predicted octanol–water partition coefficient (Wildman–Crippen LogP) is 10.3. The molecule has 0 saturated heterocycles. The van der Waals surface area contributed by atoms with Gasteiger partial charge in [0, 0.05) is 23.2 Å². The summed E-state index contributed by atoms with van der Waals surface area (Å²) in [6.07, 6.45) is 10.6. The first-order valence-electron chi connectivity index (χ1n) is 15.9. The third-order valence-electron chi connectivity index (χ3n) is 8.76. The van der Waals surface area contributed by atoms with Crippen molar-refractivity contribution in [1.82, 2.24) is 0 Å². The van der Waals surface area contributed by atoms with Crippen LogP contribution in [0, 0.1) is 5.92 Å². The van der Waals surface area contributed by atoms with Gasteiger partial charge in [-0.2, -0.15) is 0 Å². The maximum Gasteiger partial charge on any atom is 0.0314 e. The third-order valence-corrected chi connectivity index (χ3v) is 8.76. The summed E-state index contributed by atoms with van der Waals surface area (Å²) in [5.41, 5.74) is 22.0. The highest BCUT2D eigenvalue weighted by Gasteiger charge is 2.17. The SMILES string of the molecule is CCCCC(c1ccc(N)cc1)c1ccc(CC(CC)Cc2ccc(C(CCCC)c3ccc(N)cc3)cc2)cc1. The molecule has 2 atom stereocenters. The summed E-state index contributed by atoms with van der Waals surface area (Å²) < 4.78 is 0. The van der Waals surface area contributed by atoms with E-state index in [0.717, 1.165) is 24.2 Å². The van der Waals surface area contributed by atoms with Gasteiger partial charge in [-0.25, -0.2) is 0 Å². The second-order valence-corrected chi connectivity index (χ2v) is 11.9. The van der Waals surface area contributed by atoms with Crippen molar-refractivity contribution in [3.05, 3.63) is 130 Å². The molecule has 0 saturated carbocycles. The number of hydrogen-bond acceptors (Lipinski definition) is 2. The van der Waals surface area contributed by atoms with Crippen LogP contribution in [-0.4, -0.2) is 0 Å². The van der Waals surface area contributed by atoms with Crippen LogP contribution in [0.5, 0.6) is 0 Å². The van der Waals surface area contributed by atoms with Crippen molar-refractivity contribution in [2.45, 2.75) is 90.4 Å². The standard InChI is InChI=1S/C39H50N2/c1-4-7-9-38(34-19-23-36(40)24-20-34)32-15-11-30(12-16-32)27-29(6-3)28-31-13-17-33(18-14-31)39(10-8-5-2)35-21-25-37(41)26-22-35/h11-26,29,38-39H,4-10,27-28,40-41H2,1-3H3. The fourth-order valence-corrected chi connectivity index (χ4v) is 6.12. The molecular formula is C39H50N2. The lowest BCUT2D eigenvalue weighted by atomic mass is 9.84. The Bertz CT molecular complexity index is 1190. The lowest BCUT2D eigenvalue weighted by molar-refractivity contribution is 0.504. The van der Waals surface area contributed by atoms with Crippen LogP contribution in [0.2, 0.25) is 0 Å². The van der Waals surface area contributed by atoms with Crippen LogP contribution in [0.1, 0.15) is 111 Å². The molecule has 2 heteroatoms. The van der Waals surface area contributed by atoms with Crippen molar-refractivity contribution in [2.75, 3.05) is 11.5 Å². The van der Waals surface area contributed by atoms with Gasteiger partial charge in [0.2, 0.25) is 0 Å². The average molecular weight is 547 g/mol. The monoisotopic (exact) mass is 546 g/mol. The van der Waals surface area contributed by atoms with Crippen molar-refractivity contribution in [3.63, 3.8) is 0 Å². The lowest BCUT2D eigenvalue weighted by Gasteiger charge is -2.20. The summed E-state index contributed by atoms with van der Waals surface area (Å²) in [5, 5.41) is 0. The first-order chi connectivity index (χ1) is 20.0. The molecule has 2 unspecified atom stereocenters. The minimum atomic E-state index is 0.430. The van der Waals surface area contributed by atoms with Crippen LogP contribution in [0.15, 0.2) is 97.1 Å². The zero-order valence-electron chi connectivity index (χ0n) is 25.5. The Morgan fingerprint density at radius 3 is 1.07 bits per heavy atom. The molecule has 4 N–H and O–H groups in total. The molecule has 0 spiro atoms. The number of anilines is 2. The highest BCUT2D eigenvalue weighted by Crippen LogP contribution is 2.33. The van der Waals surface area contributed by atoms with Crippen LogP contribution in [-0.2, 0) is 12.8 Å². The third kappa shape index (κ3) is 8.73. The van der Waals surface area contributed by atoms with E-state index in [-0.39, 0.29) is 0 Å². The zero-order valence-corrected chi connectivity index (χ0v) is 25.5. The van der Waals surface area contributed by atoms with E-state index in [9.17, 15) is 0 Å². The summed E-state index contributed by atoms with van der Waals surface area (Å²) in [6.45, 7) is 6.87. The van der Waals surface area contributed by atoms with Crippen molar-refractivity contribution in [1.29, 1.82) is 0 Å². The van der Waals surface area contributed by atoms with Gasteiger partial charge in [0.1, 0.15) is 0 Å². The Balaban J connectivity index is 1.42. The normalized spacial score (nSPS) is 13.5. The fourth-order valence-electron chi connectivity index (χ4n) is 6.12. The van der Waals surface area contributed by atoms with E-state index in [0.29, 0.717) is 17.8 Å². The molecule has 0 bridgehead atoms. The Labute approximate surface area is 249 Å². The summed E-state index contributed by atoms with van der Waals surface area (Å²) in [5.74, 6) is 1.49. The maximum atomic E-state index is 5.96. The van der Waals surface area contributed by atoms with Gasteiger partial charge in [-0.1, -0.05) is 126 Å². The summed E-state index contributed by atoms with van der Waals surface area (Å²) >= 11 is 0. The molecular weight excluding hydrogens is 496 g/mol. The number of rotatable bonds is 15. The first-order valence-corrected chi connectivity index (χ1v) is 15.9. The first kappa shape index (κ1) is 30.4.